The number of Topliss-reactive ketones (excluding diaryl/α,β-unsaturated/α-hetero) is 1. The van der Waals surface area contributed by atoms with E-state index in [0.717, 1.165) is 49.7 Å². The third-order valence-corrected chi connectivity index (χ3v) is 8.73. The van der Waals surface area contributed by atoms with Gasteiger partial charge in [0, 0.05) is 42.1 Å². The Kier molecular flexibility index (Phi) is 12.0. The highest BCUT2D eigenvalue weighted by molar-refractivity contribution is 5.98. The van der Waals surface area contributed by atoms with Crippen molar-refractivity contribution in [3.63, 3.8) is 0 Å². The van der Waals surface area contributed by atoms with E-state index in [1.807, 2.05) is 68.1 Å². The van der Waals surface area contributed by atoms with Crippen LogP contribution in [-0.4, -0.2) is 62.0 Å². The summed E-state index contributed by atoms with van der Waals surface area (Å²) in [7, 11) is 1.61. The van der Waals surface area contributed by atoms with Gasteiger partial charge in [0.05, 0.1) is 26.4 Å². The van der Waals surface area contributed by atoms with E-state index in [2.05, 4.69) is 5.32 Å². The molecule has 1 saturated heterocycles. The van der Waals surface area contributed by atoms with Crippen molar-refractivity contribution >= 4 is 17.6 Å². The second kappa shape index (κ2) is 15.9. The van der Waals surface area contributed by atoms with Crippen LogP contribution >= 0.6 is 0 Å². The first-order chi connectivity index (χ1) is 20.8. The number of nitrogens with zero attached hydrogens (tertiary/aromatic N) is 1. The number of hydrogen-bond donors (Lipinski definition) is 1. The number of benzene rings is 2. The molecule has 0 radical (unpaired) electrons. The summed E-state index contributed by atoms with van der Waals surface area (Å²) in [6.07, 6.45) is 7.19. The van der Waals surface area contributed by atoms with Crippen molar-refractivity contribution in [1.82, 2.24) is 10.2 Å². The number of likely N-dealkylation sites (tertiary alicyclic amines) is 1. The van der Waals surface area contributed by atoms with Gasteiger partial charge in [0.2, 0.25) is 5.91 Å². The molecule has 2 amide bonds. The lowest BCUT2D eigenvalue weighted by Gasteiger charge is -2.33. The normalized spacial score (nSPS) is 18.3. The molecule has 2 aromatic carbocycles. The molecule has 2 atom stereocenters. The fraction of sp³-hybridized carbons (Fsp3) is 0.571. The maximum absolute atomic E-state index is 13.4. The van der Waals surface area contributed by atoms with Crippen molar-refractivity contribution in [3.05, 3.63) is 59.2 Å². The van der Waals surface area contributed by atoms with Crippen LogP contribution in [0.2, 0.25) is 0 Å². The maximum atomic E-state index is 13.4. The Morgan fingerprint density at radius 1 is 1.00 bits per heavy atom. The number of ketones is 1. The zero-order valence-corrected chi connectivity index (χ0v) is 26.2. The van der Waals surface area contributed by atoms with Crippen molar-refractivity contribution in [2.45, 2.75) is 84.3 Å². The van der Waals surface area contributed by atoms with Gasteiger partial charge in [-0.1, -0.05) is 45.2 Å². The van der Waals surface area contributed by atoms with Crippen LogP contribution in [0.1, 0.15) is 93.1 Å². The average molecular weight is 593 g/mol. The number of rotatable bonds is 13. The van der Waals surface area contributed by atoms with Gasteiger partial charge in [0.1, 0.15) is 18.1 Å². The van der Waals surface area contributed by atoms with Crippen LogP contribution in [-0.2, 0) is 20.9 Å². The molecule has 0 spiro atoms. The molecular weight excluding hydrogens is 544 g/mol. The van der Waals surface area contributed by atoms with Crippen LogP contribution in [0.4, 0.5) is 0 Å². The first-order valence-electron chi connectivity index (χ1n) is 15.9. The molecule has 2 unspecified atom stereocenters. The zero-order valence-electron chi connectivity index (χ0n) is 26.2. The summed E-state index contributed by atoms with van der Waals surface area (Å²) in [6.45, 7) is 7.77. The summed E-state index contributed by atoms with van der Waals surface area (Å²) in [5, 5.41) is 3.11. The van der Waals surface area contributed by atoms with E-state index in [1.54, 1.807) is 7.11 Å². The highest BCUT2D eigenvalue weighted by atomic mass is 16.5. The van der Waals surface area contributed by atoms with Gasteiger partial charge in [-0.25, -0.2) is 0 Å². The number of hydrogen-bond acceptors (Lipinski definition) is 6. The Morgan fingerprint density at radius 2 is 1.79 bits per heavy atom. The first kappa shape index (κ1) is 32.5. The lowest BCUT2D eigenvalue weighted by atomic mass is 9.80. The fourth-order valence-electron chi connectivity index (χ4n) is 6.29. The van der Waals surface area contributed by atoms with E-state index in [0.29, 0.717) is 36.8 Å². The summed E-state index contributed by atoms with van der Waals surface area (Å²) in [5.74, 6) is 1.46. The average Bonchev–Trinajstić information content (AvgIpc) is 3.04. The van der Waals surface area contributed by atoms with Gasteiger partial charge in [-0.2, -0.15) is 0 Å². The van der Waals surface area contributed by atoms with Crippen LogP contribution in [0.15, 0.2) is 42.5 Å². The molecule has 1 aliphatic heterocycles. The Hall–Kier alpha value is -3.39. The molecule has 0 aromatic heterocycles. The standard InChI is InChI=1S/C35H48N2O6/c1-5-43-31-20-30(41-4)17-16-29(31)22-42-23-32(38)37-18-10-15-28(21-37)26-13-9-14-27(19-26)35(40)36-33(34(39)24(2)3)25-11-7-6-8-12-25/h9,13-14,16-17,19-20,24-25,28,33H,5-8,10-12,15,18,21-23H2,1-4H3,(H,36,40). The molecular formula is C35H48N2O6. The predicted molar refractivity (Wildman–Crippen MR) is 166 cm³/mol. The molecule has 234 valence electrons. The minimum Gasteiger partial charge on any atom is -0.497 e. The van der Waals surface area contributed by atoms with Crippen molar-refractivity contribution in [2.24, 2.45) is 11.8 Å². The summed E-state index contributed by atoms with van der Waals surface area (Å²) >= 11 is 0. The lowest BCUT2D eigenvalue weighted by molar-refractivity contribution is -0.137. The number of amides is 2. The Morgan fingerprint density at radius 3 is 2.51 bits per heavy atom. The molecule has 2 aliphatic rings. The topological polar surface area (TPSA) is 94.2 Å². The molecule has 8 heteroatoms. The monoisotopic (exact) mass is 592 g/mol. The number of carbonyl (C=O) groups excluding carboxylic acids is 3. The second-order valence-corrected chi connectivity index (χ2v) is 12.1. The van der Waals surface area contributed by atoms with Gasteiger partial charge in [-0.3, -0.25) is 14.4 Å². The van der Waals surface area contributed by atoms with Gasteiger partial charge in [0.25, 0.3) is 5.91 Å². The van der Waals surface area contributed by atoms with Crippen LogP contribution in [0.3, 0.4) is 0 Å². The van der Waals surface area contributed by atoms with Crippen LogP contribution in [0, 0.1) is 11.8 Å². The molecule has 2 fully saturated rings. The summed E-state index contributed by atoms with van der Waals surface area (Å²) < 4.78 is 16.8. The van der Waals surface area contributed by atoms with Crippen molar-refractivity contribution < 1.29 is 28.6 Å². The van der Waals surface area contributed by atoms with Gasteiger partial charge in [0.15, 0.2) is 5.78 Å². The predicted octanol–water partition coefficient (Wildman–Crippen LogP) is 5.92. The molecule has 0 bridgehead atoms. The summed E-state index contributed by atoms with van der Waals surface area (Å²) in [4.78, 5) is 41.4. The smallest absolute Gasteiger partial charge is 0.251 e. The Bertz CT molecular complexity index is 1240. The molecule has 4 rings (SSSR count). The highest BCUT2D eigenvalue weighted by Gasteiger charge is 2.32. The number of ether oxygens (including phenoxy) is 3. The van der Waals surface area contributed by atoms with Crippen molar-refractivity contribution in [1.29, 1.82) is 0 Å². The molecule has 1 heterocycles. The second-order valence-electron chi connectivity index (χ2n) is 12.1. The van der Waals surface area contributed by atoms with Gasteiger partial charge in [-0.15, -0.1) is 0 Å². The van der Waals surface area contributed by atoms with Crippen LogP contribution in [0.25, 0.3) is 0 Å². The fourth-order valence-corrected chi connectivity index (χ4v) is 6.29. The summed E-state index contributed by atoms with van der Waals surface area (Å²) in [6, 6.07) is 12.8. The number of methoxy groups -OCH3 is 1. The van der Waals surface area contributed by atoms with E-state index in [-0.39, 0.29) is 48.6 Å². The largest absolute Gasteiger partial charge is 0.497 e. The first-order valence-corrected chi connectivity index (χ1v) is 15.9. The van der Waals surface area contributed by atoms with E-state index in [1.165, 1.54) is 6.42 Å². The van der Waals surface area contributed by atoms with Crippen molar-refractivity contribution in [2.75, 3.05) is 33.4 Å². The van der Waals surface area contributed by atoms with Gasteiger partial charge < -0.3 is 24.4 Å². The molecule has 1 N–H and O–H groups in total. The number of piperidine rings is 1. The molecule has 43 heavy (non-hydrogen) atoms. The number of nitrogens with one attached hydrogen (secondary N) is 1. The molecule has 1 aliphatic carbocycles. The van der Waals surface area contributed by atoms with Gasteiger partial charge >= 0.3 is 0 Å². The highest BCUT2D eigenvalue weighted by Crippen LogP contribution is 2.30. The molecule has 2 aromatic rings. The van der Waals surface area contributed by atoms with E-state index in [4.69, 9.17) is 14.2 Å². The molecule has 1 saturated carbocycles. The van der Waals surface area contributed by atoms with Crippen molar-refractivity contribution in [3.8, 4) is 11.5 Å². The minimum absolute atomic E-state index is 0.0147. The third-order valence-electron chi connectivity index (χ3n) is 8.73. The third kappa shape index (κ3) is 8.82. The lowest BCUT2D eigenvalue weighted by Crippen LogP contribution is -2.48. The van der Waals surface area contributed by atoms with E-state index in [9.17, 15) is 14.4 Å². The quantitative estimate of drug-likeness (QED) is 0.310. The number of carbonyl (C=O) groups is 3. The van der Waals surface area contributed by atoms with Crippen LogP contribution < -0.4 is 14.8 Å². The minimum atomic E-state index is -0.443. The Labute approximate surface area is 256 Å². The van der Waals surface area contributed by atoms with E-state index >= 15 is 0 Å². The van der Waals surface area contributed by atoms with Gasteiger partial charge in [-0.05, 0) is 68.4 Å². The molecule has 8 nitrogen and oxygen atoms in total. The maximum Gasteiger partial charge on any atom is 0.251 e. The van der Waals surface area contributed by atoms with E-state index < -0.39 is 6.04 Å². The summed E-state index contributed by atoms with van der Waals surface area (Å²) in [5.41, 5.74) is 2.46. The van der Waals surface area contributed by atoms with Crippen LogP contribution in [0.5, 0.6) is 11.5 Å². The Balaban J connectivity index is 1.35. The zero-order chi connectivity index (χ0) is 30.8. The SMILES string of the molecule is CCOc1cc(OC)ccc1COCC(=O)N1CCCC(c2cccc(C(=O)NC(C(=O)C(C)C)C3CCCCC3)c2)C1.